The van der Waals surface area contributed by atoms with E-state index in [1.165, 1.54) is 0 Å². The summed E-state index contributed by atoms with van der Waals surface area (Å²) >= 11 is 0. The summed E-state index contributed by atoms with van der Waals surface area (Å²) in [7, 11) is 1.99. The number of nitrogens with zero attached hydrogens (tertiary/aromatic N) is 3. The van der Waals surface area contributed by atoms with E-state index >= 15 is 0 Å². The summed E-state index contributed by atoms with van der Waals surface area (Å²) < 4.78 is 16.4. The van der Waals surface area contributed by atoms with Gasteiger partial charge in [-0.3, -0.25) is 4.68 Å². The first-order valence-corrected chi connectivity index (χ1v) is 17.2. The minimum absolute atomic E-state index is 0.393. The highest BCUT2D eigenvalue weighted by Gasteiger charge is 2.28. The standard InChI is InChI=1S/C35H39N3O4.C4H11N/c1-4-11-28-32-29(37(3)36-28)22-41-20-8-7-19-38-33-27(18-17-23(2)31(32)33)26(34(38)35(39)40)15-10-21-42-30-16-9-13-24-12-5-6-14-25(24)30;1-3-5-4-2/h5-6,9,12-14,16-18H,4,7-8,10-11,15,19-22H2,1-3H3,(H,39,40);5H,3-4H2,1-2H3. The molecule has 0 amide bonds. The maximum absolute atomic E-state index is 12.9. The zero-order valence-electron chi connectivity index (χ0n) is 28.7. The number of carboxylic acid groups (broad SMARTS) is 1. The molecule has 0 aliphatic carbocycles. The van der Waals surface area contributed by atoms with E-state index in [1.807, 2.05) is 36.0 Å². The predicted molar refractivity (Wildman–Crippen MR) is 191 cm³/mol. The number of aromatic carboxylic acids is 1. The minimum Gasteiger partial charge on any atom is -0.493 e. The molecule has 0 fully saturated rings. The molecule has 8 heteroatoms. The fourth-order valence-corrected chi connectivity index (χ4v) is 6.79. The van der Waals surface area contributed by atoms with Crippen LogP contribution >= 0.6 is 0 Å². The highest BCUT2D eigenvalue weighted by atomic mass is 16.5. The number of fused-ring (bicyclic) bond motifs is 3. The van der Waals surface area contributed by atoms with Crippen molar-refractivity contribution in [2.45, 2.75) is 79.4 Å². The summed E-state index contributed by atoms with van der Waals surface area (Å²) in [6.07, 6.45) is 4.86. The van der Waals surface area contributed by atoms with Crippen molar-refractivity contribution in [2.24, 2.45) is 7.05 Å². The molecule has 6 rings (SSSR count). The molecule has 0 atom stereocenters. The summed E-state index contributed by atoms with van der Waals surface area (Å²) in [5.74, 6) is -0.0257. The van der Waals surface area contributed by atoms with Gasteiger partial charge in [0.1, 0.15) is 11.4 Å². The molecule has 47 heavy (non-hydrogen) atoms. The quantitative estimate of drug-likeness (QED) is 0.150. The third-order valence-electron chi connectivity index (χ3n) is 8.95. The van der Waals surface area contributed by atoms with Crippen molar-refractivity contribution < 1.29 is 19.4 Å². The molecule has 0 saturated heterocycles. The monoisotopic (exact) mass is 638 g/mol. The maximum Gasteiger partial charge on any atom is 0.352 e. The zero-order valence-corrected chi connectivity index (χ0v) is 28.7. The van der Waals surface area contributed by atoms with Crippen molar-refractivity contribution in [1.82, 2.24) is 19.7 Å². The van der Waals surface area contributed by atoms with Crippen LogP contribution in [-0.4, -0.2) is 51.7 Å². The van der Waals surface area contributed by atoms with Crippen LogP contribution < -0.4 is 10.1 Å². The lowest BCUT2D eigenvalue weighted by Gasteiger charge is -2.15. The highest BCUT2D eigenvalue weighted by Crippen LogP contribution is 2.41. The topological polar surface area (TPSA) is 90.5 Å². The molecule has 0 saturated carbocycles. The zero-order chi connectivity index (χ0) is 33.3. The van der Waals surface area contributed by atoms with Gasteiger partial charge in [0.2, 0.25) is 0 Å². The van der Waals surface area contributed by atoms with Gasteiger partial charge in [0.05, 0.1) is 30.1 Å². The van der Waals surface area contributed by atoms with Gasteiger partial charge in [-0.05, 0) is 74.7 Å². The normalized spacial score (nSPS) is 13.1. The molecule has 2 aromatic heterocycles. The van der Waals surface area contributed by atoms with Crippen LogP contribution in [0.5, 0.6) is 5.75 Å². The Labute approximate surface area is 278 Å². The molecule has 0 spiro atoms. The molecule has 5 aromatic rings. The maximum atomic E-state index is 12.9. The number of rotatable bonds is 10. The molecule has 1 aliphatic rings. The molecule has 3 aromatic carbocycles. The summed E-state index contributed by atoms with van der Waals surface area (Å²) in [5.41, 5.74) is 7.69. The number of nitrogens with one attached hydrogen (secondary N) is 1. The third-order valence-corrected chi connectivity index (χ3v) is 8.95. The highest BCUT2D eigenvalue weighted by molar-refractivity contribution is 6.05. The SMILES string of the molecule is CCCc1nn(C)c2c1-c1c(C)ccc3c(CCCOc4cccc5ccccc45)c(C(=O)O)n(c13)CCCCOC2.CCNCC. The first kappa shape index (κ1) is 34.2. The minimum atomic E-state index is -0.883. The van der Waals surface area contributed by atoms with Crippen molar-refractivity contribution in [2.75, 3.05) is 26.3 Å². The Kier molecular flexibility index (Phi) is 11.7. The molecular formula is C39H50N4O4. The summed E-state index contributed by atoms with van der Waals surface area (Å²) in [5, 5.41) is 21.9. The van der Waals surface area contributed by atoms with Gasteiger partial charge < -0.3 is 24.5 Å². The van der Waals surface area contributed by atoms with Crippen LogP contribution in [0.25, 0.3) is 32.8 Å². The first-order chi connectivity index (χ1) is 22.9. The van der Waals surface area contributed by atoms with Crippen LogP contribution in [0.1, 0.15) is 79.5 Å². The average Bonchev–Trinajstić information content (AvgIpc) is 3.53. The van der Waals surface area contributed by atoms with E-state index in [9.17, 15) is 9.90 Å². The van der Waals surface area contributed by atoms with E-state index in [4.69, 9.17) is 14.6 Å². The number of aryl methyl sites for hydroxylation is 5. The number of carbonyl (C=O) groups is 1. The van der Waals surface area contributed by atoms with Crippen molar-refractivity contribution in [3.8, 4) is 16.9 Å². The smallest absolute Gasteiger partial charge is 0.352 e. The lowest BCUT2D eigenvalue weighted by atomic mass is 9.93. The van der Waals surface area contributed by atoms with Crippen LogP contribution in [-0.2, 0) is 37.8 Å². The van der Waals surface area contributed by atoms with Crippen molar-refractivity contribution in [3.63, 3.8) is 0 Å². The molecule has 2 N–H and O–H groups in total. The van der Waals surface area contributed by atoms with E-state index < -0.39 is 5.97 Å². The summed E-state index contributed by atoms with van der Waals surface area (Å²) in [6, 6.07) is 18.6. The first-order valence-electron chi connectivity index (χ1n) is 17.2. The third kappa shape index (κ3) is 7.39. The van der Waals surface area contributed by atoms with Crippen molar-refractivity contribution >= 4 is 27.6 Å². The van der Waals surface area contributed by atoms with Gasteiger partial charge >= 0.3 is 5.97 Å². The summed E-state index contributed by atoms with van der Waals surface area (Å²) in [6.45, 7) is 12.9. The molecule has 0 bridgehead atoms. The molecule has 0 unspecified atom stereocenters. The van der Waals surface area contributed by atoms with E-state index in [0.29, 0.717) is 44.9 Å². The van der Waals surface area contributed by atoms with E-state index in [1.54, 1.807) is 0 Å². The van der Waals surface area contributed by atoms with Crippen LogP contribution in [0.2, 0.25) is 0 Å². The van der Waals surface area contributed by atoms with Gasteiger partial charge in [-0.2, -0.15) is 5.10 Å². The van der Waals surface area contributed by atoms with E-state index in [0.717, 1.165) is 99.8 Å². The molecule has 1 aliphatic heterocycles. The van der Waals surface area contributed by atoms with Gasteiger partial charge in [-0.25, -0.2) is 4.79 Å². The average molecular weight is 639 g/mol. The molecule has 8 nitrogen and oxygen atoms in total. The number of hydrogen-bond acceptors (Lipinski definition) is 5. The van der Waals surface area contributed by atoms with Gasteiger partial charge in [-0.15, -0.1) is 0 Å². The Morgan fingerprint density at radius 3 is 2.51 bits per heavy atom. The Bertz CT molecular complexity index is 1810. The molecular weight excluding hydrogens is 588 g/mol. The van der Waals surface area contributed by atoms with Gasteiger partial charge in [0, 0.05) is 42.1 Å². The van der Waals surface area contributed by atoms with Crippen molar-refractivity contribution in [3.05, 3.63) is 82.8 Å². The lowest BCUT2D eigenvalue weighted by molar-refractivity contribution is 0.0683. The number of aromatic nitrogens is 3. The second kappa shape index (κ2) is 16.1. The Balaban J connectivity index is 0.000000807. The van der Waals surface area contributed by atoms with E-state index in [-0.39, 0.29) is 0 Å². The Morgan fingerprint density at radius 1 is 0.979 bits per heavy atom. The van der Waals surface area contributed by atoms with Crippen LogP contribution in [0.15, 0.2) is 54.6 Å². The van der Waals surface area contributed by atoms with Crippen LogP contribution in [0.4, 0.5) is 0 Å². The number of hydrogen-bond donors (Lipinski definition) is 2. The van der Waals surface area contributed by atoms with Crippen molar-refractivity contribution in [1.29, 1.82) is 0 Å². The van der Waals surface area contributed by atoms with Crippen LogP contribution in [0.3, 0.4) is 0 Å². The number of ether oxygens (including phenoxy) is 2. The molecule has 250 valence electrons. The molecule has 0 radical (unpaired) electrons. The fourth-order valence-electron chi connectivity index (χ4n) is 6.79. The van der Waals surface area contributed by atoms with Gasteiger partial charge in [0.15, 0.2) is 0 Å². The largest absolute Gasteiger partial charge is 0.493 e. The lowest BCUT2D eigenvalue weighted by Crippen LogP contribution is -2.12. The Morgan fingerprint density at radius 2 is 1.77 bits per heavy atom. The second-order valence-corrected chi connectivity index (χ2v) is 12.2. The van der Waals surface area contributed by atoms with Gasteiger partial charge in [-0.1, -0.05) is 75.7 Å². The number of carboxylic acids is 1. The Hall–Kier alpha value is -4.14. The van der Waals surface area contributed by atoms with Crippen LogP contribution in [0, 0.1) is 6.92 Å². The fraction of sp³-hybridized carbons (Fsp3) is 0.436. The summed E-state index contributed by atoms with van der Waals surface area (Å²) in [4.78, 5) is 12.9. The molecule has 3 heterocycles. The predicted octanol–water partition coefficient (Wildman–Crippen LogP) is 8.09. The number of benzene rings is 3. The van der Waals surface area contributed by atoms with E-state index in [2.05, 4.69) is 67.9 Å². The second-order valence-electron chi connectivity index (χ2n) is 12.2. The van der Waals surface area contributed by atoms with Gasteiger partial charge in [0.25, 0.3) is 0 Å².